The van der Waals surface area contributed by atoms with Gasteiger partial charge in [0, 0.05) is 13.0 Å². The minimum absolute atomic E-state index is 0.152. The van der Waals surface area contributed by atoms with Gasteiger partial charge in [-0.05, 0) is 49.8 Å². The molecule has 1 aromatic carbocycles. The summed E-state index contributed by atoms with van der Waals surface area (Å²) in [6.45, 7) is 3.76. The highest BCUT2D eigenvalue weighted by Crippen LogP contribution is 2.49. The van der Waals surface area contributed by atoms with Crippen molar-refractivity contribution in [1.29, 1.82) is 0 Å². The van der Waals surface area contributed by atoms with Crippen LogP contribution in [-0.4, -0.2) is 26.8 Å². The van der Waals surface area contributed by atoms with E-state index in [1.165, 1.54) is 12.0 Å². The number of fused-ring (bicyclic) bond motifs is 3. The van der Waals surface area contributed by atoms with Crippen LogP contribution in [0.2, 0.25) is 0 Å². The Morgan fingerprint density at radius 3 is 3.05 bits per heavy atom. The Morgan fingerprint density at radius 1 is 1.40 bits per heavy atom. The van der Waals surface area contributed by atoms with Crippen LogP contribution in [0.3, 0.4) is 0 Å². The predicted octanol–water partition coefficient (Wildman–Crippen LogP) is 2.94. The molecule has 2 fully saturated rings. The Kier molecular flexibility index (Phi) is 2.43. The van der Waals surface area contributed by atoms with Crippen LogP contribution in [0.1, 0.15) is 43.6 Å². The van der Waals surface area contributed by atoms with Crippen molar-refractivity contribution in [2.24, 2.45) is 5.92 Å². The second-order valence-corrected chi connectivity index (χ2v) is 6.24. The average Bonchev–Trinajstić information content (AvgIpc) is 3.09. The van der Waals surface area contributed by atoms with Crippen LogP contribution in [-0.2, 0) is 4.79 Å². The van der Waals surface area contributed by atoms with Gasteiger partial charge in [0.25, 0.3) is 0 Å². The number of carbonyl (C=O) groups is 1. The fourth-order valence-corrected chi connectivity index (χ4v) is 4.08. The summed E-state index contributed by atoms with van der Waals surface area (Å²) in [5.41, 5.74) is 3.30. The van der Waals surface area contributed by atoms with Crippen molar-refractivity contribution in [2.75, 3.05) is 0 Å². The largest absolute Gasteiger partial charge is 0.340 e. The predicted molar refractivity (Wildman–Crippen MR) is 77.2 cm³/mol. The number of rotatable bonds is 1. The fourth-order valence-electron chi connectivity index (χ4n) is 4.08. The molecule has 4 heteroatoms. The van der Waals surface area contributed by atoms with E-state index in [-0.39, 0.29) is 11.9 Å². The third-order valence-corrected chi connectivity index (χ3v) is 4.88. The summed E-state index contributed by atoms with van der Waals surface area (Å²) in [4.78, 5) is 22.2. The molecule has 3 atom stereocenters. The Hall–Kier alpha value is -1.84. The van der Waals surface area contributed by atoms with Crippen LogP contribution in [0, 0.1) is 12.8 Å². The molecule has 4 rings (SSSR count). The summed E-state index contributed by atoms with van der Waals surface area (Å²) in [7, 11) is 0. The van der Waals surface area contributed by atoms with Gasteiger partial charge in [-0.2, -0.15) is 0 Å². The summed E-state index contributed by atoms with van der Waals surface area (Å²) in [5, 5.41) is 0. The quantitative estimate of drug-likeness (QED) is 0.865. The van der Waals surface area contributed by atoms with Gasteiger partial charge in [-0.1, -0.05) is 6.07 Å². The number of nitrogens with zero attached hydrogens (tertiary/aromatic N) is 2. The molecule has 1 saturated carbocycles. The van der Waals surface area contributed by atoms with Crippen LogP contribution in [0.4, 0.5) is 0 Å². The third kappa shape index (κ3) is 1.60. The number of hydrogen-bond donors (Lipinski definition) is 1. The highest BCUT2D eigenvalue weighted by Gasteiger charge is 2.48. The molecule has 1 aliphatic heterocycles. The lowest BCUT2D eigenvalue weighted by Gasteiger charge is -2.33. The van der Waals surface area contributed by atoms with Gasteiger partial charge < -0.3 is 9.88 Å². The molecule has 2 aliphatic rings. The van der Waals surface area contributed by atoms with Crippen molar-refractivity contribution in [3.05, 3.63) is 29.6 Å². The smallest absolute Gasteiger partial charge is 0.220 e. The number of imidazole rings is 1. The number of nitrogens with one attached hydrogen (secondary N) is 1. The van der Waals surface area contributed by atoms with Gasteiger partial charge >= 0.3 is 0 Å². The fraction of sp³-hybridized carbons (Fsp3) is 0.500. The maximum Gasteiger partial charge on any atom is 0.220 e. The van der Waals surface area contributed by atoms with Gasteiger partial charge in [-0.15, -0.1) is 0 Å². The van der Waals surface area contributed by atoms with E-state index in [0.29, 0.717) is 12.0 Å². The van der Waals surface area contributed by atoms with Crippen LogP contribution in [0.15, 0.2) is 18.2 Å². The Morgan fingerprint density at radius 2 is 2.25 bits per heavy atom. The first-order chi connectivity index (χ1) is 9.63. The van der Waals surface area contributed by atoms with Crippen LogP contribution < -0.4 is 0 Å². The lowest BCUT2D eigenvalue weighted by molar-refractivity contribution is -0.133. The lowest BCUT2D eigenvalue weighted by atomic mass is 9.98. The molecule has 2 aromatic rings. The number of aromatic nitrogens is 2. The highest BCUT2D eigenvalue weighted by molar-refractivity contribution is 5.77. The monoisotopic (exact) mass is 269 g/mol. The molecule has 1 aliphatic carbocycles. The molecule has 0 radical (unpaired) electrons. The number of aromatic amines is 1. The SMILES string of the molecule is CC(=O)N1C2CCC(C2)C1c1nc2ccc(C)cc2[nH]1. The van der Waals surface area contributed by atoms with E-state index in [0.717, 1.165) is 29.7 Å². The Balaban J connectivity index is 1.79. The molecule has 0 spiro atoms. The second kappa shape index (κ2) is 4.08. The zero-order valence-corrected chi connectivity index (χ0v) is 11.9. The third-order valence-electron chi connectivity index (χ3n) is 4.88. The standard InChI is InChI=1S/C16H19N3O/c1-9-3-6-13-14(7-9)18-16(17-13)15-11-4-5-12(8-11)19(15)10(2)20/h3,6-7,11-12,15H,4-5,8H2,1-2H3,(H,17,18). The van der Waals surface area contributed by atoms with Gasteiger partial charge in [0.05, 0.1) is 17.1 Å². The number of hydrogen-bond acceptors (Lipinski definition) is 2. The summed E-state index contributed by atoms with van der Waals surface area (Å²) < 4.78 is 0. The Labute approximate surface area is 118 Å². The molecule has 104 valence electrons. The molecule has 4 nitrogen and oxygen atoms in total. The van der Waals surface area contributed by atoms with Gasteiger partial charge in [0.1, 0.15) is 5.82 Å². The maximum atomic E-state index is 12.0. The van der Waals surface area contributed by atoms with E-state index in [1.807, 2.05) is 0 Å². The van der Waals surface area contributed by atoms with E-state index >= 15 is 0 Å². The average molecular weight is 269 g/mol. The molecule has 20 heavy (non-hydrogen) atoms. The first-order valence-electron chi connectivity index (χ1n) is 7.38. The topological polar surface area (TPSA) is 49.0 Å². The van der Waals surface area contributed by atoms with Crippen LogP contribution >= 0.6 is 0 Å². The minimum atomic E-state index is 0.152. The molecule has 2 bridgehead atoms. The van der Waals surface area contributed by atoms with Crippen molar-refractivity contribution in [1.82, 2.24) is 14.9 Å². The molecule has 2 heterocycles. The summed E-state index contributed by atoms with van der Waals surface area (Å²) in [6.07, 6.45) is 3.51. The van der Waals surface area contributed by atoms with Crippen molar-refractivity contribution in [2.45, 2.75) is 45.2 Å². The summed E-state index contributed by atoms with van der Waals surface area (Å²) in [6, 6.07) is 6.83. The molecule has 3 unspecified atom stereocenters. The number of piperidine rings is 1. The lowest BCUT2D eigenvalue weighted by Crippen LogP contribution is -2.39. The normalized spacial score (nSPS) is 28.5. The van der Waals surface area contributed by atoms with E-state index in [1.54, 1.807) is 6.92 Å². The second-order valence-electron chi connectivity index (χ2n) is 6.24. The van der Waals surface area contributed by atoms with Gasteiger partial charge in [-0.3, -0.25) is 4.79 Å². The van der Waals surface area contributed by atoms with Crippen LogP contribution in [0.25, 0.3) is 11.0 Å². The van der Waals surface area contributed by atoms with E-state index in [4.69, 9.17) is 4.98 Å². The zero-order chi connectivity index (χ0) is 13.9. The molecule has 1 aromatic heterocycles. The van der Waals surface area contributed by atoms with Crippen molar-refractivity contribution < 1.29 is 4.79 Å². The van der Waals surface area contributed by atoms with E-state index in [2.05, 4.69) is 35.0 Å². The number of likely N-dealkylation sites (tertiary alicyclic amines) is 1. The first-order valence-corrected chi connectivity index (χ1v) is 7.38. The number of H-pyrrole nitrogens is 1. The van der Waals surface area contributed by atoms with Crippen LogP contribution in [0.5, 0.6) is 0 Å². The summed E-state index contributed by atoms with van der Waals surface area (Å²) in [5.74, 6) is 1.72. The summed E-state index contributed by atoms with van der Waals surface area (Å²) >= 11 is 0. The molecular weight excluding hydrogens is 250 g/mol. The van der Waals surface area contributed by atoms with E-state index in [9.17, 15) is 4.79 Å². The molecular formula is C16H19N3O. The maximum absolute atomic E-state index is 12.0. The van der Waals surface area contributed by atoms with Gasteiger partial charge in [0.15, 0.2) is 0 Å². The van der Waals surface area contributed by atoms with Crippen molar-refractivity contribution in [3.63, 3.8) is 0 Å². The van der Waals surface area contributed by atoms with Crippen molar-refractivity contribution in [3.8, 4) is 0 Å². The number of carbonyl (C=O) groups excluding carboxylic acids is 1. The molecule has 1 N–H and O–H groups in total. The van der Waals surface area contributed by atoms with Gasteiger partial charge in [-0.25, -0.2) is 4.98 Å². The highest BCUT2D eigenvalue weighted by atomic mass is 16.2. The minimum Gasteiger partial charge on any atom is -0.340 e. The van der Waals surface area contributed by atoms with Crippen molar-refractivity contribution >= 4 is 16.9 Å². The number of amides is 1. The molecule has 1 amide bonds. The Bertz CT molecular complexity index is 690. The van der Waals surface area contributed by atoms with E-state index < -0.39 is 0 Å². The first kappa shape index (κ1) is 11.9. The zero-order valence-electron chi connectivity index (χ0n) is 11.9. The number of benzene rings is 1. The number of aryl methyl sites for hydroxylation is 1. The molecule has 1 saturated heterocycles. The van der Waals surface area contributed by atoms with Gasteiger partial charge in [0.2, 0.25) is 5.91 Å².